The quantitative estimate of drug-likeness (QED) is 0.570. The van der Waals surface area contributed by atoms with E-state index in [4.69, 9.17) is 9.15 Å². The number of ether oxygens (including phenoxy) is 1. The van der Waals surface area contributed by atoms with E-state index in [1.165, 1.54) is 0 Å². The molecule has 2 atom stereocenters. The molecule has 0 aromatic carbocycles. The van der Waals surface area contributed by atoms with Gasteiger partial charge in [0.2, 0.25) is 5.76 Å². The van der Waals surface area contributed by atoms with Crippen LogP contribution in [0.15, 0.2) is 10.6 Å². The van der Waals surface area contributed by atoms with E-state index in [2.05, 4.69) is 10.4 Å². The van der Waals surface area contributed by atoms with Crippen molar-refractivity contribution in [2.75, 3.05) is 26.2 Å². The smallest absolute Gasteiger partial charge is 0.420 e. The number of hydrogen-bond acceptors (Lipinski definition) is 6. The number of carbonyl (C=O) groups is 2. The molecule has 2 aliphatic carbocycles. The summed E-state index contributed by atoms with van der Waals surface area (Å²) in [6, 6.07) is 0. The molecule has 6 rings (SSSR count). The van der Waals surface area contributed by atoms with Crippen molar-refractivity contribution in [1.82, 2.24) is 20.0 Å². The fraction of sp³-hybridized carbons (Fsp3) is 0.667. The van der Waals surface area contributed by atoms with Gasteiger partial charge in [-0.1, -0.05) is 6.92 Å². The lowest BCUT2D eigenvalue weighted by molar-refractivity contribution is -0.144. The summed E-state index contributed by atoms with van der Waals surface area (Å²) in [5.74, 6) is -1.64. The maximum Gasteiger partial charge on any atom is 0.420 e. The summed E-state index contributed by atoms with van der Waals surface area (Å²) in [5, 5.41) is 17.3. The van der Waals surface area contributed by atoms with Crippen LogP contribution in [0.25, 0.3) is 11.3 Å². The SMILES string of the molecule is C[C@@H]1Cc2oc(C(=O)NCC3CCCO3)c(C(F)(F)F)c2-c2nn(CC3CCN(C(=O)C4(O)CC4)CC3)cc21. The molecule has 212 valence electrons. The molecule has 39 heavy (non-hydrogen) atoms. The predicted octanol–water partition coefficient (Wildman–Crippen LogP) is 3.49. The highest BCUT2D eigenvalue weighted by molar-refractivity contribution is 5.96. The number of fused-ring (bicyclic) bond motifs is 3. The van der Waals surface area contributed by atoms with Crippen molar-refractivity contribution in [2.45, 2.75) is 82.2 Å². The Hall–Kier alpha value is -2.86. The highest BCUT2D eigenvalue weighted by Gasteiger charge is 2.50. The van der Waals surface area contributed by atoms with Crippen LogP contribution in [0.4, 0.5) is 13.2 Å². The molecular weight excluding hydrogens is 517 g/mol. The Morgan fingerprint density at radius 3 is 2.62 bits per heavy atom. The Morgan fingerprint density at radius 2 is 1.97 bits per heavy atom. The number of halogens is 3. The summed E-state index contributed by atoms with van der Waals surface area (Å²) in [6.45, 7) is 4.20. The average Bonchev–Trinajstić information content (AvgIpc) is 3.28. The number of nitrogens with zero attached hydrogens (tertiary/aromatic N) is 3. The van der Waals surface area contributed by atoms with Gasteiger partial charge in [-0.05, 0) is 50.4 Å². The van der Waals surface area contributed by atoms with Crippen molar-refractivity contribution in [2.24, 2.45) is 5.92 Å². The van der Waals surface area contributed by atoms with Gasteiger partial charge in [0.25, 0.3) is 11.8 Å². The second-order valence-electron chi connectivity index (χ2n) is 11.5. The molecule has 2 amide bonds. The molecule has 2 aliphatic heterocycles. The van der Waals surface area contributed by atoms with Crippen LogP contribution in [0.1, 0.15) is 78.8 Å². The van der Waals surface area contributed by atoms with E-state index in [0.29, 0.717) is 44.6 Å². The monoisotopic (exact) mass is 550 g/mol. The Morgan fingerprint density at radius 1 is 1.23 bits per heavy atom. The van der Waals surface area contributed by atoms with Crippen molar-refractivity contribution < 1.29 is 37.0 Å². The number of rotatable bonds is 6. The second-order valence-corrected chi connectivity index (χ2v) is 11.5. The van der Waals surface area contributed by atoms with Crippen LogP contribution in [0.3, 0.4) is 0 Å². The van der Waals surface area contributed by atoms with Crippen molar-refractivity contribution in [1.29, 1.82) is 0 Å². The molecule has 2 saturated heterocycles. The predicted molar refractivity (Wildman–Crippen MR) is 132 cm³/mol. The van der Waals surface area contributed by atoms with Crippen LogP contribution in [0, 0.1) is 5.92 Å². The zero-order chi connectivity index (χ0) is 27.5. The Kier molecular flexibility index (Phi) is 6.53. The topological polar surface area (TPSA) is 110 Å². The van der Waals surface area contributed by atoms with E-state index in [0.717, 1.165) is 25.7 Å². The fourth-order valence-electron chi connectivity index (χ4n) is 6.08. The largest absolute Gasteiger partial charge is 0.455 e. The highest BCUT2D eigenvalue weighted by atomic mass is 19.4. The normalized spacial score (nSPS) is 24.4. The molecule has 0 bridgehead atoms. The van der Waals surface area contributed by atoms with Gasteiger partial charge in [-0.2, -0.15) is 18.3 Å². The van der Waals surface area contributed by atoms with Crippen molar-refractivity contribution in [3.63, 3.8) is 0 Å². The van der Waals surface area contributed by atoms with Crippen LogP contribution in [-0.2, 0) is 28.7 Å². The van der Waals surface area contributed by atoms with Gasteiger partial charge in [0.05, 0.1) is 17.4 Å². The minimum Gasteiger partial charge on any atom is -0.455 e. The molecule has 4 heterocycles. The van der Waals surface area contributed by atoms with Gasteiger partial charge in [-0.3, -0.25) is 14.3 Å². The summed E-state index contributed by atoms with van der Waals surface area (Å²) < 4.78 is 55.9. The van der Waals surface area contributed by atoms with Crippen LogP contribution >= 0.6 is 0 Å². The molecule has 2 aromatic rings. The first-order valence-electron chi connectivity index (χ1n) is 13.8. The summed E-state index contributed by atoms with van der Waals surface area (Å²) in [5.41, 5.74) is -1.49. The van der Waals surface area contributed by atoms with E-state index in [1.807, 2.05) is 6.92 Å². The molecular formula is C27H33F3N4O5. The van der Waals surface area contributed by atoms with Crippen molar-refractivity contribution in [3.05, 3.63) is 28.8 Å². The zero-order valence-corrected chi connectivity index (χ0v) is 21.9. The first-order chi connectivity index (χ1) is 18.5. The lowest BCUT2D eigenvalue weighted by Crippen LogP contribution is -2.45. The van der Waals surface area contributed by atoms with Gasteiger partial charge in [-0.25, -0.2) is 0 Å². The van der Waals surface area contributed by atoms with Gasteiger partial charge >= 0.3 is 6.18 Å². The number of carbonyl (C=O) groups excluding carboxylic acids is 2. The van der Waals surface area contributed by atoms with Crippen molar-refractivity contribution >= 4 is 11.8 Å². The van der Waals surface area contributed by atoms with Crippen LogP contribution in [0.5, 0.6) is 0 Å². The van der Waals surface area contributed by atoms with E-state index >= 15 is 0 Å². The third kappa shape index (κ3) is 4.97. The summed E-state index contributed by atoms with van der Waals surface area (Å²) in [7, 11) is 0. The molecule has 12 heteroatoms. The van der Waals surface area contributed by atoms with Gasteiger partial charge in [0, 0.05) is 51.0 Å². The standard InChI is InChI=1S/C27H33F3N4O5/c1-15-11-19-20(21(27(28,29)30)23(39-19)24(35)31-12-17-3-2-10-38-17)22-18(15)14-34(32-22)13-16-4-8-33(9-5-16)25(36)26(37)6-7-26/h14-17,37H,2-13H2,1H3,(H,31,35)/t15-,17?/m1/s1. The number of hydrogen-bond donors (Lipinski definition) is 2. The number of amides is 2. The van der Waals surface area contributed by atoms with Crippen molar-refractivity contribution in [3.8, 4) is 11.3 Å². The van der Waals surface area contributed by atoms with E-state index in [9.17, 15) is 27.9 Å². The Labute approximate surface area is 223 Å². The third-order valence-electron chi connectivity index (χ3n) is 8.50. The fourth-order valence-corrected chi connectivity index (χ4v) is 6.08. The highest BCUT2D eigenvalue weighted by Crippen LogP contribution is 2.48. The summed E-state index contributed by atoms with van der Waals surface area (Å²) >= 11 is 0. The molecule has 0 spiro atoms. The van der Waals surface area contributed by atoms with Gasteiger partial charge < -0.3 is 24.5 Å². The zero-order valence-electron chi connectivity index (χ0n) is 21.9. The van der Waals surface area contributed by atoms with Gasteiger partial charge in [-0.15, -0.1) is 0 Å². The third-order valence-corrected chi connectivity index (χ3v) is 8.50. The number of likely N-dealkylation sites (tertiary alicyclic amines) is 1. The van der Waals surface area contributed by atoms with Gasteiger partial charge in [0.15, 0.2) is 0 Å². The van der Waals surface area contributed by atoms with Gasteiger partial charge in [0.1, 0.15) is 16.9 Å². The number of aliphatic hydroxyl groups is 1. The molecule has 2 N–H and O–H groups in total. The number of furan rings is 1. The number of aromatic nitrogens is 2. The van der Waals surface area contributed by atoms with E-state index in [-0.39, 0.29) is 53.8 Å². The Bertz CT molecular complexity index is 1270. The molecule has 1 unspecified atom stereocenters. The van der Waals surface area contributed by atoms with E-state index < -0.39 is 29.0 Å². The van der Waals surface area contributed by atoms with E-state index in [1.54, 1.807) is 15.8 Å². The van der Waals surface area contributed by atoms with Crippen LogP contribution < -0.4 is 5.32 Å². The second kappa shape index (κ2) is 9.65. The molecule has 4 aliphatic rings. The summed E-state index contributed by atoms with van der Waals surface area (Å²) in [4.78, 5) is 27.0. The molecule has 1 saturated carbocycles. The Balaban J connectivity index is 1.22. The average molecular weight is 551 g/mol. The number of alkyl halides is 3. The minimum atomic E-state index is -4.81. The lowest BCUT2D eigenvalue weighted by Gasteiger charge is -2.33. The molecule has 2 aromatic heterocycles. The lowest BCUT2D eigenvalue weighted by atomic mass is 9.86. The minimum absolute atomic E-state index is 0.125. The maximum atomic E-state index is 14.4. The first-order valence-corrected chi connectivity index (χ1v) is 13.8. The van der Waals surface area contributed by atoms with Crippen LogP contribution in [-0.4, -0.2) is 69.5 Å². The number of nitrogens with one attached hydrogen (secondary N) is 1. The van der Waals surface area contributed by atoms with Crippen LogP contribution in [0.2, 0.25) is 0 Å². The summed E-state index contributed by atoms with van der Waals surface area (Å²) in [6.07, 6.45) is 1.10. The first kappa shape index (κ1) is 26.4. The molecule has 0 radical (unpaired) electrons. The molecule has 3 fully saturated rings. The maximum absolute atomic E-state index is 14.4. The number of piperidine rings is 1. The molecule has 9 nitrogen and oxygen atoms in total.